The van der Waals surface area contributed by atoms with Gasteiger partial charge in [0, 0.05) is 25.0 Å². The van der Waals surface area contributed by atoms with Crippen LogP contribution in [0, 0.1) is 6.92 Å². The van der Waals surface area contributed by atoms with Gasteiger partial charge in [0.1, 0.15) is 5.69 Å². The number of pyridine rings is 1. The maximum Gasteiger partial charge on any atom is 0.168 e. The van der Waals surface area contributed by atoms with Gasteiger partial charge in [0.2, 0.25) is 0 Å². The minimum absolute atomic E-state index is 0.478. The van der Waals surface area contributed by atoms with E-state index in [1.165, 1.54) is 5.56 Å². The third-order valence-corrected chi connectivity index (χ3v) is 3.71. The molecule has 3 aromatic rings. The van der Waals surface area contributed by atoms with Gasteiger partial charge in [0.15, 0.2) is 6.29 Å². The molecule has 0 aliphatic carbocycles. The van der Waals surface area contributed by atoms with Crippen molar-refractivity contribution >= 4 is 6.29 Å². The summed E-state index contributed by atoms with van der Waals surface area (Å²) in [6.07, 6.45) is 5.26. The number of benzene rings is 1. The average Bonchev–Trinajstić information content (AvgIpc) is 2.97. The van der Waals surface area contributed by atoms with Crippen molar-refractivity contribution in [3.05, 3.63) is 71.2 Å². The minimum atomic E-state index is 0.478. The molecule has 3 rings (SSSR count). The van der Waals surface area contributed by atoms with Crippen LogP contribution in [0.3, 0.4) is 0 Å². The summed E-state index contributed by atoms with van der Waals surface area (Å²) in [5.41, 5.74) is 5.97. The number of rotatable bonds is 4. The van der Waals surface area contributed by atoms with Crippen LogP contribution in [-0.2, 0) is 13.5 Å². The van der Waals surface area contributed by atoms with Gasteiger partial charge >= 0.3 is 0 Å². The van der Waals surface area contributed by atoms with E-state index in [1.807, 2.05) is 32.3 Å². The Labute approximate surface area is 129 Å². The van der Waals surface area contributed by atoms with Gasteiger partial charge in [0.05, 0.1) is 5.69 Å². The summed E-state index contributed by atoms with van der Waals surface area (Å²) in [6.45, 7) is 2.01. The Bertz CT molecular complexity index is 803. The van der Waals surface area contributed by atoms with E-state index in [-0.39, 0.29) is 0 Å². The second kappa shape index (κ2) is 5.93. The molecule has 0 atom stereocenters. The number of carbonyl (C=O) groups excluding carboxylic acids is 1. The molecule has 0 amide bonds. The van der Waals surface area contributed by atoms with Crippen LogP contribution in [0.25, 0.3) is 11.3 Å². The van der Waals surface area contributed by atoms with Gasteiger partial charge in [-0.2, -0.15) is 5.10 Å². The molecule has 0 fully saturated rings. The number of nitrogens with zero attached hydrogens (tertiary/aromatic N) is 3. The molecular weight excluding hydrogens is 274 g/mol. The highest BCUT2D eigenvalue weighted by molar-refractivity contribution is 5.72. The minimum Gasteiger partial charge on any atom is -0.296 e. The Hall–Kier alpha value is -2.75. The van der Waals surface area contributed by atoms with Crippen LogP contribution in [-0.4, -0.2) is 21.1 Å². The van der Waals surface area contributed by atoms with Crippen LogP contribution in [0.4, 0.5) is 0 Å². The molecule has 0 N–H and O–H groups in total. The molecule has 0 saturated heterocycles. The highest BCUT2D eigenvalue weighted by Gasteiger charge is 2.05. The lowest BCUT2D eigenvalue weighted by molar-refractivity contribution is 0.111. The van der Waals surface area contributed by atoms with E-state index >= 15 is 0 Å². The monoisotopic (exact) mass is 291 g/mol. The summed E-state index contributed by atoms with van der Waals surface area (Å²) in [5, 5.41) is 4.40. The van der Waals surface area contributed by atoms with Crippen LogP contribution in [0.2, 0.25) is 0 Å². The molecule has 4 nitrogen and oxygen atoms in total. The normalized spacial score (nSPS) is 10.6. The third-order valence-electron chi connectivity index (χ3n) is 3.71. The largest absolute Gasteiger partial charge is 0.296 e. The second-order valence-electron chi connectivity index (χ2n) is 5.40. The van der Waals surface area contributed by atoms with Crippen molar-refractivity contribution < 1.29 is 4.79 Å². The summed E-state index contributed by atoms with van der Waals surface area (Å²) < 4.78 is 1.80. The standard InChI is InChI=1S/C18H17N3O/c1-13-11-19-17(12-22)10-16(13)9-14-3-5-15(6-4-14)18-7-8-21(2)20-18/h3-8,10-12H,9H2,1-2H3. The maximum atomic E-state index is 10.9. The Morgan fingerprint density at radius 1 is 1.18 bits per heavy atom. The van der Waals surface area contributed by atoms with Crippen molar-refractivity contribution in [1.29, 1.82) is 0 Å². The molecule has 0 saturated carbocycles. The van der Waals surface area contributed by atoms with Gasteiger partial charge in [-0.05, 0) is 42.2 Å². The summed E-state index contributed by atoms with van der Waals surface area (Å²) in [7, 11) is 1.91. The molecule has 1 aromatic carbocycles. The number of carbonyl (C=O) groups is 1. The SMILES string of the molecule is Cc1cnc(C=O)cc1Cc1ccc(-c2ccn(C)n2)cc1. The summed E-state index contributed by atoms with van der Waals surface area (Å²) in [5.74, 6) is 0. The summed E-state index contributed by atoms with van der Waals surface area (Å²) in [4.78, 5) is 14.9. The molecule has 4 heteroatoms. The zero-order chi connectivity index (χ0) is 15.5. The number of aromatic nitrogens is 3. The molecule has 2 aromatic heterocycles. The summed E-state index contributed by atoms with van der Waals surface area (Å²) >= 11 is 0. The van der Waals surface area contributed by atoms with E-state index in [1.54, 1.807) is 10.9 Å². The lowest BCUT2D eigenvalue weighted by atomic mass is 10.00. The highest BCUT2D eigenvalue weighted by Crippen LogP contribution is 2.20. The van der Waals surface area contributed by atoms with Gasteiger partial charge in [-0.1, -0.05) is 24.3 Å². The first-order valence-electron chi connectivity index (χ1n) is 7.15. The smallest absolute Gasteiger partial charge is 0.168 e. The van der Waals surface area contributed by atoms with Crippen LogP contribution in [0.15, 0.2) is 48.8 Å². The fraction of sp³-hybridized carbons (Fsp3) is 0.167. The van der Waals surface area contributed by atoms with Crippen LogP contribution in [0.5, 0.6) is 0 Å². The number of hydrogen-bond donors (Lipinski definition) is 0. The molecule has 0 bridgehead atoms. The van der Waals surface area contributed by atoms with Gasteiger partial charge in [-0.3, -0.25) is 14.5 Å². The van der Waals surface area contributed by atoms with Crippen LogP contribution >= 0.6 is 0 Å². The van der Waals surface area contributed by atoms with Gasteiger partial charge < -0.3 is 0 Å². The fourth-order valence-electron chi connectivity index (χ4n) is 2.42. The molecule has 22 heavy (non-hydrogen) atoms. The van der Waals surface area contributed by atoms with E-state index in [9.17, 15) is 4.79 Å². The third kappa shape index (κ3) is 2.96. The van der Waals surface area contributed by atoms with Gasteiger partial charge in [-0.25, -0.2) is 0 Å². The molecule has 0 spiro atoms. The van der Waals surface area contributed by atoms with E-state index in [4.69, 9.17) is 0 Å². The van der Waals surface area contributed by atoms with E-state index in [0.29, 0.717) is 5.69 Å². The predicted octanol–water partition coefficient (Wildman–Crippen LogP) is 3.19. The molecule has 0 unspecified atom stereocenters. The topological polar surface area (TPSA) is 47.8 Å². The lowest BCUT2D eigenvalue weighted by Gasteiger charge is -2.07. The fourth-order valence-corrected chi connectivity index (χ4v) is 2.42. The zero-order valence-electron chi connectivity index (χ0n) is 12.7. The Kier molecular flexibility index (Phi) is 3.83. The number of aryl methyl sites for hydroxylation is 2. The van der Waals surface area contributed by atoms with E-state index in [0.717, 1.165) is 35.1 Å². The highest BCUT2D eigenvalue weighted by atomic mass is 16.1. The van der Waals surface area contributed by atoms with Crippen molar-refractivity contribution in [2.24, 2.45) is 7.05 Å². The second-order valence-corrected chi connectivity index (χ2v) is 5.40. The Morgan fingerprint density at radius 2 is 1.95 bits per heavy atom. The Balaban J connectivity index is 1.83. The maximum absolute atomic E-state index is 10.9. The van der Waals surface area contributed by atoms with Crippen molar-refractivity contribution in [3.63, 3.8) is 0 Å². The van der Waals surface area contributed by atoms with Crippen LogP contribution < -0.4 is 0 Å². The molecule has 0 aliphatic heterocycles. The molecule has 2 heterocycles. The molecule has 110 valence electrons. The zero-order valence-corrected chi connectivity index (χ0v) is 12.7. The van der Waals surface area contributed by atoms with Gasteiger partial charge in [0.25, 0.3) is 0 Å². The number of hydrogen-bond acceptors (Lipinski definition) is 3. The molecule has 0 radical (unpaired) electrons. The first-order chi connectivity index (χ1) is 10.7. The first-order valence-corrected chi connectivity index (χ1v) is 7.15. The van der Waals surface area contributed by atoms with E-state index < -0.39 is 0 Å². The molecule has 0 aliphatic rings. The van der Waals surface area contributed by atoms with Crippen molar-refractivity contribution in [2.75, 3.05) is 0 Å². The average molecular weight is 291 g/mol. The first kappa shape index (κ1) is 14.2. The quantitative estimate of drug-likeness (QED) is 0.694. The Morgan fingerprint density at radius 3 is 2.59 bits per heavy atom. The lowest BCUT2D eigenvalue weighted by Crippen LogP contribution is -1.96. The van der Waals surface area contributed by atoms with Crippen molar-refractivity contribution in [2.45, 2.75) is 13.3 Å². The van der Waals surface area contributed by atoms with Gasteiger partial charge in [-0.15, -0.1) is 0 Å². The van der Waals surface area contributed by atoms with Crippen LogP contribution in [0.1, 0.15) is 27.2 Å². The predicted molar refractivity (Wildman–Crippen MR) is 85.8 cm³/mol. The number of aldehydes is 1. The van der Waals surface area contributed by atoms with E-state index in [2.05, 4.69) is 34.3 Å². The van der Waals surface area contributed by atoms with Crippen molar-refractivity contribution in [3.8, 4) is 11.3 Å². The van der Waals surface area contributed by atoms with Crippen molar-refractivity contribution in [1.82, 2.24) is 14.8 Å². The summed E-state index contributed by atoms with van der Waals surface area (Å²) in [6, 6.07) is 12.2. The molecular formula is C18H17N3O.